The molecular weight excluding hydrogens is 192 g/mol. The Balaban J connectivity index is 2.60. The highest BCUT2D eigenvalue weighted by molar-refractivity contribution is 6.03. The van der Waals surface area contributed by atoms with Crippen LogP contribution in [0.3, 0.4) is 0 Å². The van der Waals surface area contributed by atoms with Crippen LogP contribution >= 0.6 is 0 Å². The van der Waals surface area contributed by atoms with Crippen molar-refractivity contribution in [1.82, 2.24) is 10.2 Å². The van der Waals surface area contributed by atoms with Crippen molar-refractivity contribution in [3.8, 4) is 5.75 Å². The Hall–Kier alpha value is -1.97. The zero-order chi connectivity index (χ0) is 10.4. The van der Waals surface area contributed by atoms with Crippen molar-refractivity contribution < 1.29 is 9.15 Å². The Morgan fingerprint density at radius 3 is 3.13 bits per heavy atom. The van der Waals surface area contributed by atoms with Gasteiger partial charge in [-0.3, -0.25) is 5.10 Å². The fourth-order valence-corrected chi connectivity index (χ4v) is 1.93. The van der Waals surface area contributed by atoms with Crippen molar-refractivity contribution >= 4 is 21.9 Å². The second kappa shape index (κ2) is 2.76. The van der Waals surface area contributed by atoms with E-state index in [0.717, 1.165) is 33.3 Å². The molecule has 4 heteroatoms. The monoisotopic (exact) mass is 202 g/mol. The Bertz CT molecular complexity index is 636. The number of nitrogens with zero attached hydrogens (tertiary/aromatic N) is 1. The van der Waals surface area contributed by atoms with Gasteiger partial charge in [0.05, 0.1) is 29.7 Å². The van der Waals surface area contributed by atoms with E-state index in [2.05, 4.69) is 10.2 Å². The van der Waals surface area contributed by atoms with Crippen molar-refractivity contribution in [2.24, 2.45) is 0 Å². The minimum atomic E-state index is 0.797. The van der Waals surface area contributed by atoms with E-state index in [9.17, 15) is 0 Å². The van der Waals surface area contributed by atoms with E-state index in [1.165, 1.54) is 0 Å². The van der Waals surface area contributed by atoms with E-state index in [0.29, 0.717) is 0 Å². The van der Waals surface area contributed by atoms with E-state index in [-0.39, 0.29) is 0 Å². The van der Waals surface area contributed by atoms with Gasteiger partial charge in [-0.25, -0.2) is 0 Å². The van der Waals surface area contributed by atoms with Crippen LogP contribution in [-0.4, -0.2) is 17.3 Å². The fraction of sp³-hybridized carbons (Fsp3) is 0.182. The number of benzene rings is 1. The summed E-state index contributed by atoms with van der Waals surface area (Å²) in [6.07, 6.45) is 1.66. The van der Waals surface area contributed by atoms with Gasteiger partial charge < -0.3 is 9.15 Å². The fourth-order valence-electron chi connectivity index (χ4n) is 1.93. The summed E-state index contributed by atoms with van der Waals surface area (Å²) in [5, 5.41) is 9.14. The number of aromatic nitrogens is 2. The van der Waals surface area contributed by atoms with Gasteiger partial charge in [-0.05, 0) is 13.0 Å². The summed E-state index contributed by atoms with van der Waals surface area (Å²) >= 11 is 0. The number of hydrogen-bond donors (Lipinski definition) is 1. The number of nitrogens with one attached hydrogen (secondary N) is 1. The normalized spacial score (nSPS) is 11.3. The van der Waals surface area contributed by atoms with Crippen molar-refractivity contribution in [3.05, 3.63) is 24.1 Å². The average molecular weight is 202 g/mol. The molecule has 0 amide bonds. The van der Waals surface area contributed by atoms with Gasteiger partial charge in [0, 0.05) is 11.8 Å². The highest BCUT2D eigenvalue weighted by Gasteiger charge is 2.14. The molecule has 1 aromatic carbocycles. The van der Waals surface area contributed by atoms with Crippen molar-refractivity contribution in [3.63, 3.8) is 0 Å². The maximum absolute atomic E-state index is 5.42. The summed E-state index contributed by atoms with van der Waals surface area (Å²) in [5.41, 5.74) is 2.67. The number of methoxy groups -OCH3 is 1. The molecule has 1 N–H and O–H groups in total. The summed E-state index contributed by atoms with van der Waals surface area (Å²) in [4.78, 5) is 0. The van der Waals surface area contributed by atoms with Crippen LogP contribution in [0.4, 0.5) is 0 Å². The molecule has 0 unspecified atom stereocenters. The molecule has 3 rings (SSSR count). The maximum atomic E-state index is 5.42. The molecule has 0 atom stereocenters. The van der Waals surface area contributed by atoms with Crippen LogP contribution in [0.25, 0.3) is 21.9 Å². The average Bonchev–Trinajstić information content (AvgIpc) is 2.83. The van der Waals surface area contributed by atoms with Gasteiger partial charge in [-0.1, -0.05) is 0 Å². The van der Waals surface area contributed by atoms with Gasteiger partial charge in [0.2, 0.25) is 0 Å². The standard InChI is InChI=1S/C11H10N2O2/c1-6-10-8(13-12-6)5-9-7(3-4-15-9)11(10)14-2/h3-5H,1-2H3,(H,12,13). The van der Waals surface area contributed by atoms with Gasteiger partial charge in [-0.2, -0.15) is 5.10 Å². The summed E-state index contributed by atoms with van der Waals surface area (Å²) in [5.74, 6) is 0.822. The molecule has 0 fully saturated rings. The second-order valence-corrected chi connectivity index (χ2v) is 3.48. The number of ether oxygens (including phenoxy) is 1. The van der Waals surface area contributed by atoms with Crippen LogP contribution in [0.2, 0.25) is 0 Å². The number of H-pyrrole nitrogens is 1. The maximum Gasteiger partial charge on any atom is 0.141 e. The number of hydrogen-bond acceptors (Lipinski definition) is 3. The van der Waals surface area contributed by atoms with Crippen LogP contribution in [0.1, 0.15) is 5.69 Å². The summed E-state index contributed by atoms with van der Waals surface area (Å²) in [7, 11) is 1.66. The van der Waals surface area contributed by atoms with E-state index in [4.69, 9.17) is 9.15 Å². The van der Waals surface area contributed by atoms with Crippen molar-refractivity contribution in [1.29, 1.82) is 0 Å². The van der Waals surface area contributed by atoms with Gasteiger partial charge in [0.1, 0.15) is 11.3 Å². The van der Waals surface area contributed by atoms with Crippen LogP contribution in [0.5, 0.6) is 5.75 Å². The molecule has 0 aliphatic carbocycles. The molecule has 3 aromatic rings. The van der Waals surface area contributed by atoms with Crippen LogP contribution in [0, 0.1) is 6.92 Å². The lowest BCUT2D eigenvalue weighted by Gasteiger charge is -2.03. The number of rotatable bonds is 1. The minimum absolute atomic E-state index is 0.797. The zero-order valence-electron chi connectivity index (χ0n) is 8.50. The largest absolute Gasteiger partial charge is 0.495 e. The van der Waals surface area contributed by atoms with E-state index >= 15 is 0 Å². The summed E-state index contributed by atoms with van der Waals surface area (Å²) in [6, 6.07) is 3.82. The number of aromatic amines is 1. The lowest BCUT2D eigenvalue weighted by atomic mass is 10.1. The Morgan fingerprint density at radius 2 is 2.33 bits per heavy atom. The third-order valence-electron chi connectivity index (χ3n) is 2.61. The molecule has 0 saturated heterocycles. The molecule has 2 aromatic heterocycles. The van der Waals surface area contributed by atoms with Gasteiger partial charge in [0.15, 0.2) is 0 Å². The Morgan fingerprint density at radius 1 is 1.47 bits per heavy atom. The molecule has 4 nitrogen and oxygen atoms in total. The number of aryl methyl sites for hydroxylation is 1. The van der Waals surface area contributed by atoms with Gasteiger partial charge in [0.25, 0.3) is 0 Å². The molecule has 0 aliphatic rings. The first-order chi connectivity index (χ1) is 7.31. The smallest absolute Gasteiger partial charge is 0.141 e. The number of fused-ring (bicyclic) bond motifs is 2. The molecule has 0 saturated carbocycles. The quantitative estimate of drug-likeness (QED) is 0.659. The molecule has 15 heavy (non-hydrogen) atoms. The molecular formula is C11H10N2O2. The zero-order valence-corrected chi connectivity index (χ0v) is 8.50. The first-order valence-electron chi connectivity index (χ1n) is 4.70. The van der Waals surface area contributed by atoms with E-state index in [1.807, 2.05) is 19.1 Å². The molecule has 0 bridgehead atoms. The van der Waals surface area contributed by atoms with Crippen molar-refractivity contribution in [2.45, 2.75) is 6.92 Å². The first-order valence-corrected chi connectivity index (χ1v) is 4.70. The van der Waals surface area contributed by atoms with Gasteiger partial charge in [-0.15, -0.1) is 0 Å². The molecule has 0 aliphatic heterocycles. The third kappa shape index (κ3) is 0.986. The van der Waals surface area contributed by atoms with Gasteiger partial charge >= 0.3 is 0 Å². The highest BCUT2D eigenvalue weighted by atomic mass is 16.5. The summed E-state index contributed by atoms with van der Waals surface area (Å²) in [6.45, 7) is 1.98. The van der Waals surface area contributed by atoms with Crippen LogP contribution < -0.4 is 4.74 Å². The lowest BCUT2D eigenvalue weighted by Crippen LogP contribution is -1.85. The molecule has 0 radical (unpaired) electrons. The molecule has 0 spiro atoms. The first kappa shape index (κ1) is 8.35. The van der Waals surface area contributed by atoms with Crippen molar-refractivity contribution in [2.75, 3.05) is 7.11 Å². The highest BCUT2D eigenvalue weighted by Crippen LogP contribution is 2.35. The predicted octanol–water partition coefficient (Wildman–Crippen LogP) is 2.63. The van der Waals surface area contributed by atoms with E-state index < -0.39 is 0 Å². The SMILES string of the molecule is COc1c2ccoc2cc2n[nH]c(C)c12. The topological polar surface area (TPSA) is 51.1 Å². The Labute approximate surface area is 85.8 Å². The Kier molecular flexibility index (Phi) is 1.54. The minimum Gasteiger partial charge on any atom is -0.495 e. The van der Waals surface area contributed by atoms with Crippen LogP contribution in [0.15, 0.2) is 22.8 Å². The van der Waals surface area contributed by atoms with E-state index in [1.54, 1.807) is 13.4 Å². The predicted molar refractivity (Wildman–Crippen MR) is 57.2 cm³/mol. The summed E-state index contributed by atoms with van der Waals surface area (Å²) < 4.78 is 10.8. The lowest BCUT2D eigenvalue weighted by molar-refractivity contribution is 0.424. The molecule has 76 valence electrons. The molecule has 2 heterocycles. The van der Waals surface area contributed by atoms with Crippen LogP contribution in [-0.2, 0) is 0 Å². The third-order valence-corrected chi connectivity index (χ3v) is 2.61. The number of furan rings is 1. The second-order valence-electron chi connectivity index (χ2n) is 3.48.